The maximum absolute atomic E-state index is 12.6. The van der Waals surface area contributed by atoms with Crippen molar-refractivity contribution in [3.63, 3.8) is 0 Å². The van der Waals surface area contributed by atoms with Crippen molar-refractivity contribution in [2.75, 3.05) is 20.8 Å². The summed E-state index contributed by atoms with van der Waals surface area (Å²) in [6.07, 6.45) is 9.36. The van der Waals surface area contributed by atoms with Gasteiger partial charge in [-0.05, 0) is 50.0 Å². The molecular formula is C23H32N2O6. The number of carbonyl (C=O) groups excluding carboxylic acids is 2. The first kappa shape index (κ1) is 20.7. The van der Waals surface area contributed by atoms with Gasteiger partial charge in [0.05, 0.1) is 26.2 Å². The standard InChI is InChI=1S/C23H32N2O6/c1-14-4-5-18-22(12-14)8-9-25(29-3)13-15-10-16(11-17(31-18)19(15)22)30-21(27)24-23(6-7-23)20(26)28-2/h8-9,14-16,18H,4-7,10-13H2,1-3H3,(H,24,27)/t14?,15-,16-,18-,22?/m1/s1. The average molecular weight is 433 g/mol. The van der Waals surface area contributed by atoms with E-state index in [4.69, 9.17) is 19.0 Å². The van der Waals surface area contributed by atoms with Crippen LogP contribution in [0.15, 0.2) is 23.6 Å². The first-order valence-corrected chi connectivity index (χ1v) is 11.4. The zero-order chi connectivity index (χ0) is 21.8. The topological polar surface area (TPSA) is 86.3 Å². The van der Waals surface area contributed by atoms with E-state index in [0.717, 1.165) is 25.0 Å². The van der Waals surface area contributed by atoms with Gasteiger partial charge in [0.15, 0.2) is 0 Å². The molecule has 0 aromatic heterocycles. The summed E-state index contributed by atoms with van der Waals surface area (Å²) in [6.45, 7) is 3.02. The van der Waals surface area contributed by atoms with Crippen molar-refractivity contribution in [2.45, 2.75) is 69.6 Å². The molecule has 2 heterocycles. The van der Waals surface area contributed by atoms with E-state index in [2.05, 4.69) is 24.5 Å². The molecule has 170 valence electrons. The highest BCUT2D eigenvalue weighted by atomic mass is 16.7. The van der Waals surface area contributed by atoms with Crippen LogP contribution in [0, 0.1) is 17.3 Å². The van der Waals surface area contributed by atoms with Crippen molar-refractivity contribution >= 4 is 12.1 Å². The number of nitrogens with one attached hydrogen (secondary N) is 1. The molecule has 1 amide bonds. The van der Waals surface area contributed by atoms with Crippen LogP contribution >= 0.6 is 0 Å². The lowest BCUT2D eigenvalue weighted by molar-refractivity contribution is -0.144. The van der Waals surface area contributed by atoms with Gasteiger partial charge in [0.25, 0.3) is 0 Å². The third-order valence-electron chi connectivity index (χ3n) is 7.75. The lowest BCUT2D eigenvalue weighted by Crippen LogP contribution is -2.46. The van der Waals surface area contributed by atoms with Gasteiger partial charge >= 0.3 is 12.1 Å². The number of rotatable bonds is 4. The summed E-state index contributed by atoms with van der Waals surface area (Å²) >= 11 is 0. The Morgan fingerprint density at radius 2 is 2.06 bits per heavy atom. The molecule has 2 unspecified atom stereocenters. The summed E-state index contributed by atoms with van der Waals surface area (Å²) in [7, 11) is 3.02. The Balaban J connectivity index is 1.36. The van der Waals surface area contributed by atoms with Crippen molar-refractivity contribution in [3.8, 4) is 0 Å². The average Bonchev–Trinajstić information content (AvgIpc) is 3.47. The molecule has 5 aliphatic rings. The highest BCUT2D eigenvalue weighted by Gasteiger charge is 2.57. The molecule has 0 saturated heterocycles. The SMILES string of the molecule is COC(=O)C1(NC(=O)O[C@H]2CC3=C4[C@H](C2)CN(OC)C=CC42CC(C)CC[C@H]2O3)CC1. The van der Waals surface area contributed by atoms with Gasteiger partial charge < -0.3 is 19.5 Å². The Morgan fingerprint density at radius 1 is 1.26 bits per heavy atom. The summed E-state index contributed by atoms with van der Waals surface area (Å²) in [5.74, 6) is 1.40. The molecule has 0 radical (unpaired) electrons. The summed E-state index contributed by atoms with van der Waals surface area (Å²) in [4.78, 5) is 30.1. The van der Waals surface area contributed by atoms with Crippen molar-refractivity contribution in [2.24, 2.45) is 17.3 Å². The van der Waals surface area contributed by atoms with E-state index >= 15 is 0 Å². The second kappa shape index (κ2) is 7.43. The molecule has 5 rings (SSSR count). The second-order valence-corrected chi connectivity index (χ2v) is 9.83. The third kappa shape index (κ3) is 3.39. The van der Waals surface area contributed by atoms with Crippen LogP contribution in [-0.2, 0) is 23.8 Å². The highest BCUT2D eigenvalue weighted by Crippen LogP contribution is 2.59. The van der Waals surface area contributed by atoms with Crippen LogP contribution in [0.1, 0.15) is 51.9 Å². The predicted molar refractivity (Wildman–Crippen MR) is 110 cm³/mol. The Bertz CT molecular complexity index is 834. The molecule has 0 aromatic carbocycles. The number of hydrogen-bond donors (Lipinski definition) is 1. The Kier molecular flexibility index (Phi) is 4.95. The minimum Gasteiger partial charge on any atom is -0.493 e. The van der Waals surface area contributed by atoms with Gasteiger partial charge in [0.1, 0.15) is 23.5 Å². The Labute approximate surface area is 182 Å². The van der Waals surface area contributed by atoms with Gasteiger partial charge in [-0.15, -0.1) is 0 Å². The third-order valence-corrected chi connectivity index (χ3v) is 7.75. The maximum Gasteiger partial charge on any atom is 0.408 e. The number of carbonyl (C=O) groups is 2. The number of methoxy groups -OCH3 is 1. The summed E-state index contributed by atoms with van der Waals surface area (Å²) in [5.41, 5.74) is 0.387. The summed E-state index contributed by atoms with van der Waals surface area (Å²) in [6, 6.07) is 0. The molecule has 1 spiro atoms. The molecular weight excluding hydrogens is 400 g/mol. The fraction of sp³-hybridized carbons (Fsp3) is 0.739. The normalized spacial score (nSPS) is 37.2. The molecule has 0 aromatic rings. The first-order valence-electron chi connectivity index (χ1n) is 11.4. The van der Waals surface area contributed by atoms with E-state index < -0.39 is 17.6 Å². The van der Waals surface area contributed by atoms with Gasteiger partial charge in [-0.2, -0.15) is 0 Å². The van der Waals surface area contributed by atoms with Crippen molar-refractivity contribution in [3.05, 3.63) is 23.6 Å². The zero-order valence-electron chi connectivity index (χ0n) is 18.5. The van der Waals surface area contributed by atoms with E-state index in [1.54, 1.807) is 7.11 Å². The monoisotopic (exact) mass is 432 g/mol. The number of ether oxygens (including phenoxy) is 3. The lowest BCUT2D eigenvalue weighted by atomic mass is 9.61. The van der Waals surface area contributed by atoms with Crippen molar-refractivity contribution in [1.29, 1.82) is 0 Å². The molecule has 5 atom stereocenters. The van der Waals surface area contributed by atoms with Crippen LogP contribution in [0.4, 0.5) is 4.79 Å². The Morgan fingerprint density at radius 3 is 2.77 bits per heavy atom. The number of alkyl carbamates (subject to hydrolysis) is 1. The second-order valence-electron chi connectivity index (χ2n) is 9.83. The van der Waals surface area contributed by atoms with Crippen LogP contribution in [0.5, 0.6) is 0 Å². The van der Waals surface area contributed by atoms with Crippen molar-refractivity contribution in [1.82, 2.24) is 10.4 Å². The van der Waals surface area contributed by atoms with Crippen LogP contribution in [0.25, 0.3) is 0 Å². The van der Waals surface area contributed by atoms with Crippen LogP contribution < -0.4 is 5.32 Å². The van der Waals surface area contributed by atoms with Crippen LogP contribution in [0.3, 0.4) is 0 Å². The van der Waals surface area contributed by atoms with E-state index in [-0.39, 0.29) is 23.5 Å². The summed E-state index contributed by atoms with van der Waals surface area (Å²) in [5, 5.41) is 4.60. The first-order chi connectivity index (χ1) is 14.9. The van der Waals surface area contributed by atoms with Crippen LogP contribution in [-0.4, -0.2) is 55.6 Å². The molecule has 3 aliphatic carbocycles. The van der Waals surface area contributed by atoms with Gasteiger partial charge in [0, 0.05) is 18.5 Å². The lowest BCUT2D eigenvalue weighted by Gasteiger charge is -2.42. The number of nitrogens with zero attached hydrogens (tertiary/aromatic N) is 1. The largest absolute Gasteiger partial charge is 0.493 e. The molecule has 0 bridgehead atoms. The highest BCUT2D eigenvalue weighted by molar-refractivity contribution is 5.88. The van der Waals surface area contributed by atoms with Gasteiger partial charge in [-0.1, -0.05) is 13.0 Å². The Hall–Kier alpha value is -2.22. The predicted octanol–water partition coefficient (Wildman–Crippen LogP) is 3.05. The molecule has 8 heteroatoms. The molecule has 2 fully saturated rings. The van der Waals surface area contributed by atoms with Gasteiger partial charge in [-0.25, -0.2) is 9.59 Å². The smallest absolute Gasteiger partial charge is 0.408 e. The quantitative estimate of drug-likeness (QED) is 0.684. The van der Waals surface area contributed by atoms with Crippen molar-refractivity contribution < 1.29 is 28.6 Å². The van der Waals surface area contributed by atoms with E-state index in [1.807, 2.05) is 5.06 Å². The number of hydrogen-bond acceptors (Lipinski definition) is 7. The minimum atomic E-state index is -0.914. The zero-order valence-corrected chi connectivity index (χ0v) is 18.5. The number of esters is 1. The van der Waals surface area contributed by atoms with Gasteiger partial charge in [0.2, 0.25) is 0 Å². The van der Waals surface area contributed by atoms with Gasteiger partial charge in [-0.3, -0.25) is 9.90 Å². The molecule has 2 saturated carbocycles. The van der Waals surface area contributed by atoms with E-state index in [1.165, 1.54) is 12.7 Å². The fourth-order valence-corrected chi connectivity index (χ4v) is 6.16. The minimum absolute atomic E-state index is 0.0822. The van der Waals surface area contributed by atoms with E-state index in [9.17, 15) is 9.59 Å². The van der Waals surface area contributed by atoms with E-state index in [0.29, 0.717) is 38.1 Å². The number of hydroxylamine groups is 2. The maximum atomic E-state index is 12.6. The molecule has 1 N–H and O–H groups in total. The van der Waals surface area contributed by atoms with Crippen LogP contribution in [0.2, 0.25) is 0 Å². The molecule has 8 nitrogen and oxygen atoms in total. The number of amides is 1. The molecule has 31 heavy (non-hydrogen) atoms. The molecule has 2 aliphatic heterocycles. The summed E-state index contributed by atoms with van der Waals surface area (Å²) < 4.78 is 17.1. The fourth-order valence-electron chi connectivity index (χ4n) is 6.16.